The van der Waals surface area contributed by atoms with Crippen molar-refractivity contribution in [3.05, 3.63) is 23.8 Å². The Hall–Kier alpha value is -0.560. The van der Waals surface area contributed by atoms with E-state index >= 15 is 0 Å². The Labute approximate surface area is 87.3 Å². The lowest BCUT2D eigenvalue weighted by molar-refractivity contribution is 0.486. The topological polar surface area (TPSA) is 12.0 Å². The van der Waals surface area contributed by atoms with Gasteiger partial charge in [-0.1, -0.05) is 30.7 Å². The van der Waals surface area contributed by atoms with E-state index in [1.165, 1.54) is 38.8 Å². The summed E-state index contributed by atoms with van der Waals surface area (Å²) in [6, 6.07) is 0. The van der Waals surface area contributed by atoms with E-state index in [9.17, 15) is 0 Å². The summed E-state index contributed by atoms with van der Waals surface area (Å²) in [7, 11) is 0. The monoisotopic (exact) mass is 191 g/mol. The largest absolute Gasteiger partial charge is 0.316 e. The molecule has 0 aromatic rings. The zero-order valence-electron chi connectivity index (χ0n) is 9.13. The predicted molar refractivity (Wildman–Crippen MR) is 61.2 cm³/mol. The summed E-state index contributed by atoms with van der Waals surface area (Å²) in [6.45, 7) is 4.70. The van der Waals surface area contributed by atoms with E-state index in [-0.39, 0.29) is 0 Å². The Morgan fingerprint density at radius 3 is 3.07 bits per heavy atom. The van der Waals surface area contributed by atoms with Gasteiger partial charge in [0.2, 0.25) is 0 Å². The van der Waals surface area contributed by atoms with Crippen molar-refractivity contribution in [2.24, 2.45) is 11.8 Å². The van der Waals surface area contributed by atoms with Gasteiger partial charge >= 0.3 is 0 Å². The first-order valence-electron chi connectivity index (χ1n) is 5.92. The van der Waals surface area contributed by atoms with Crippen LogP contribution in [0.5, 0.6) is 0 Å². The summed E-state index contributed by atoms with van der Waals surface area (Å²) < 4.78 is 0. The van der Waals surface area contributed by atoms with Crippen LogP contribution in [0.3, 0.4) is 0 Å². The maximum absolute atomic E-state index is 3.45. The molecular formula is C13H21N. The van der Waals surface area contributed by atoms with Crippen molar-refractivity contribution in [2.45, 2.75) is 32.6 Å². The van der Waals surface area contributed by atoms with Crippen molar-refractivity contribution in [1.82, 2.24) is 5.32 Å². The molecule has 1 fully saturated rings. The molecular weight excluding hydrogens is 170 g/mol. The van der Waals surface area contributed by atoms with Crippen molar-refractivity contribution in [3.8, 4) is 0 Å². The van der Waals surface area contributed by atoms with Crippen LogP contribution in [0.2, 0.25) is 0 Å². The fraction of sp³-hybridized carbons (Fsp3) is 0.692. The summed E-state index contributed by atoms with van der Waals surface area (Å²) in [6.07, 6.45) is 12.4. The van der Waals surface area contributed by atoms with Crippen LogP contribution in [-0.2, 0) is 0 Å². The molecule has 2 unspecified atom stereocenters. The van der Waals surface area contributed by atoms with Gasteiger partial charge in [-0.05, 0) is 44.1 Å². The normalized spacial score (nSPS) is 36.2. The molecule has 2 rings (SSSR count). The standard InChI is InChI=1S/C13H21N/c1-11-10-14-8-7-13(11)9-12-5-3-2-4-6-12/h2-3,9,11-12,14H,4-8,10H2,1H3/b13-9+. The van der Waals surface area contributed by atoms with Crippen molar-refractivity contribution in [3.63, 3.8) is 0 Å². The molecule has 0 aromatic carbocycles. The van der Waals surface area contributed by atoms with Crippen LogP contribution in [0.25, 0.3) is 0 Å². The summed E-state index contributed by atoms with van der Waals surface area (Å²) in [4.78, 5) is 0. The van der Waals surface area contributed by atoms with E-state index in [0.717, 1.165) is 11.8 Å². The van der Waals surface area contributed by atoms with Gasteiger partial charge in [-0.25, -0.2) is 0 Å². The molecule has 2 aliphatic rings. The second-order valence-electron chi connectivity index (χ2n) is 4.64. The van der Waals surface area contributed by atoms with Crippen molar-refractivity contribution >= 4 is 0 Å². The van der Waals surface area contributed by atoms with Crippen molar-refractivity contribution < 1.29 is 0 Å². The first kappa shape index (κ1) is 9.97. The van der Waals surface area contributed by atoms with E-state index in [1.54, 1.807) is 5.57 Å². The average Bonchev–Trinajstić information content (AvgIpc) is 2.23. The molecule has 0 amide bonds. The lowest BCUT2D eigenvalue weighted by atomic mass is 9.87. The van der Waals surface area contributed by atoms with Gasteiger partial charge in [-0.2, -0.15) is 0 Å². The molecule has 0 saturated carbocycles. The number of piperidine rings is 1. The molecule has 14 heavy (non-hydrogen) atoms. The Balaban J connectivity index is 1.97. The third-order valence-corrected chi connectivity index (χ3v) is 3.43. The molecule has 1 N–H and O–H groups in total. The van der Waals surface area contributed by atoms with Gasteiger partial charge in [-0.3, -0.25) is 0 Å². The van der Waals surface area contributed by atoms with E-state index in [2.05, 4.69) is 30.5 Å². The van der Waals surface area contributed by atoms with Gasteiger partial charge in [0.15, 0.2) is 0 Å². The van der Waals surface area contributed by atoms with E-state index in [1.807, 2.05) is 0 Å². The quantitative estimate of drug-likeness (QED) is 0.628. The first-order valence-corrected chi connectivity index (χ1v) is 5.92. The molecule has 1 heterocycles. The lowest BCUT2D eigenvalue weighted by Gasteiger charge is -2.25. The van der Waals surface area contributed by atoms with Gasteiger partial charge in [0.25, 0.3) is 0 Å². The minimum atomic E-state index is 0.759. The molecule has 1 heteroatoms. The van der Waals surface area contributed by atoms with Gasteiger partial charge in [0.05, 0.1) is 0 Å². The van der Waals surface area contributed by atoms with E-state index in [0.29, 0.717) is 0 Å². The zero-order valence-corrected chi connectivity index (χ0v) is 9.13. The fourth-order valence-corrected chi connectivity index (χ4v) is 2.45. The van der Waals surface area contributed by atoms with Gasteiger partial charge in [0.1, 0.15) is 0 Å². The highest BCUT2D eigenvalue weighted by atomic mass is 14.9. The Morgan fingerprint density at radius 2 is 2.36 bits per heavy atom. The lowest BCUT2D eigenvalue weighted by Crippen LogP contribution is -2.30. The SMILES string of the molecule is CC1CNCC/C1=C\C1CC=CCC1. The Bertz CT molecular complexity index is 240. The maximum atomic E-state index is 3.45. The van der Waals surface area contributed by atoms with Crippen LogP contribution in [0, 0.1) is 11.8 Å². The number of hydrogen-bond donors (Lipinski definition) is 1. The molecule has 0 radical (unpaired) electrons. The predicted octanol–water partition coefficient (Wildman–Crippen LogP) is 2.90. The molecule has 0 spiro atoms. The summed E-state index contributed by atoms with van der Waals surface area (Å²) >= 11 is 0. The van der Waals surface area contributed by atoms with Crippen molar-refractivity contribution in [1.29, 1.82) is 0 Å². The second kappa shape index (κ2) is 4.79. The minimum absolute atomic E-state index is 0.759. The molecule has 0 aromatic heterocycles. The maximum Gasteiger partial charge on any atom is 0.00143 e. The van der Waals surface area contributed by atoms with E-state index in [4.69, 9.17) is 0 Å². The van der Waals surface area contributed by atoms with Crippen LogP contribution in [0.4, 0.5) is 0 Å². The molecule has 78 valence electrons. The fourth-order valence-electron chi connectivity index (χ4n) is 2.45. The van der Waals surface area contributed by atoms with Crippen LogP contribution in [0.1, 0.15) is 32.6 Å². The zero-order chi connectivity index (χ0) is 9.80. The highest BCUT2D eigenvalue weighted by Crippen LogP contribution is 2.25. The van der Waals surface area contributed by atoms with Crippen LogP contribution < -0.4 is 5.32 Å². The highest BCUT2D eigenvalue weighted by molar-refractivity contribution is 5.13. The minimum Gasteiger partial charge on any atom is -0.316 e. The molecule has 2 atom stereocenters. The second-order valence-corrected chi connectivity index (χ2v) is 4.64. The van der Waals surface area contributed by atoms with E-state index < -0.39 is 0 Å². The number of hydrogen-bond acceptors (Lipinski definition) is 1. The Morgan fingerprint density at radius 1 is 1.43 bits per heavy atom. The number of nitrogens with one attached hydrogen (secondary N) is 1. The Kier molecular flexibility index (Phi) is 3.41. The van der Waals surface area contributed by atoms with Gasteiger partial charge < -0.3 is 5.32 Å². The highest BCUT2D eigenvalue weighted by Gasteiger charge is 2.15. The average molecular weight is 191 g/mol. The first-order chi connectivity index (χ1) is 6.86. The molecule has 1 aliphatic carbocycles. The number of rotatable bonds is 1. The van der Waals surface area contributed by atoms with Crippen LogP contribution >= 0.6 is 0 Å². The molecule has 1 saturated heterocycles. The van der Waals surface area contributed by atoms with Gasteiger partial charge in [0, 0.05) is 6.54 Å². The summed E-state index contributed by atoms with van der Waals surface area (Å²) in [5.41, 5.74) is 1.70. The molecule has 0 bridgehead atoms. The third kappa shape index (κ3) is 2.48. The molecule has 1 aliphatic heterocycles. The molecule has 1 nitrogen and oxygen atoms in total. The smallest absolute Gasteiger partial charge is 0.00143 e. The van der Waals surface area contributed by atoms with Gasteiger partial charge in [-0.15, -0.1) is 0 Å². The van der Waals surface area contributed by atoms with Crippen LogP contribution in [0.15, 0.2) is 23.8 Å². The van der Waals surface area contributed by atoms with Crippen molar-refractivity contribution in [2.75, 3.05) is 13.1 Å². The summed E-state index contributed by atoms with van der Waals surface area (Å²) in [5, 5.41) is 3.45. The number of allylic oxidation sites excluding steroid dienone is 3. The third-order valence-electron chi connectivity index (χ3n) is 3.43. The summed E-state index contributed by atoms with van der Waals surface area (Å²) in [5.74, 6) is 1.59. The van der Waals surface area contributed by atoms with Crippen LogP contribution in [-0.4, -0.2) is 13.1 Å².